The molecule has 1 aromatic heterocycles. The van der Waals surface area contributed by atoms with Crippen LogP contribution in [0.25, 0.3) is 0 Å². The number of para-hydroxylation sites is 1. The zero-order valence-electron chi connectivity index (χ0n) is 21.2. The number of carbonyl (C=O) groups excluding carboxylic acids is 3. The van der Waals surface area contributed by atoms with Gasteiger partial charge in [0.25, 0.3) is 0 Å². The van der Waals surface area contributed by atoms with Crippen LogP contribution in [0.1, 0.15) is 43.6 Å². The molecule has 0 spiro atoms. The second-order valence-corrected chi connectivity index (χ2v) is 10.6. The summed E-state index contributed by atoms with van der Waals surface area (Å²) in [5, 5.41) is 2.79. The van der Waals surface area contributed by atoms with E-state index in [1.807, 2.05) is 41.0 Å². The maximum absolute atomic E-state index is 13.9. The van der Waals surface area contributed by atoms with Crippen LogP contribution in [0.3, 0.4) is 0 Å². The molecular formula is C28H31N5O4. The third-order valence-corrected chi connectivity index (χ3v) is 6.83. The number of anilines is 2. The minimum atomic E-state index is -0.754. The number of amides is 3. The van der Waals surface area contributed by atoms with Crippen LogP contribution in [0.2, 0.25) is 0 Å². The highest BCUT2D eigenvalue weighted by molar-refractivity contribution is 6.24. The SMILES string of the molecule is CC(C)(C)OC(=O)NC[C@H]1Cc2nc(N)n(Cc3ccccc3)c2[C@H]2C(=O)N(c3ccccc3)C(=O)[C@@H]12. The van der Waals surface area contributed by atoms with Crippen molar-refractivity contribution < 1.29 is 19.1 Å². The van der Waals surface area contributed by atoms with Gasteiger partial charge in [0.15, 0.2) is 0 Å². The van der Waals surface area contributed by atoms with Gasteiger partial charge in [-0.05, 0) is 50.8 Å². The summed E-state index contributed by atoms with van der Waals surface area (Å²) in [5.41, 5.74) is 8.61. The first-order chi connectivity index (χ1) is 17.6. The molecule has 9 nitrogen and oxygen atoms in total. The Balaban J connectivity index is 1.53. The summed E-state index contributed by atoms with van der Waals surface area (Å²) >= 11 is 0. The van der Waals surface area contributed by atoms with Crippen molar-refractivity contribution in [1.82, 2.24) is 14.9 Å². The molecule has 0 bridgehead atoms. The predicted octanol–water partition coefficient (Wildman–Crippen LogP) is 3.48. The van der Waals surface area contributed by atoms with Gasteiger partial charge in [0.2, 0.25) is 17.8 Å². The summed E-state index contributed by atoms with van der Waals surface area (Å²) in [5.74, 6) is -2.06. The third kappa shape index (κ3) is 4.69. The van der Waals surface area contributed by atoms with Gasteiger partial charge in [-0.2, -0.15) is 0 Å². The summed E-state index contributed by atoms with van der Waals surface area (Å²) in [6, 6.07) is 18.7. The highest BCUT2D eigenvalue weighted by Crippen LogP contribution is 2.47. The number of alkyl carbamates (subject to hydrolysis) is 1. The van der Waals surface area contributed by atoms with Crippen LogP contribution in [0.5, 0.6) is 0 Å². The smallest absolute Gasteiger partial charge is 0.407 e. The van der Waals surface area contributed by atoms with E-state index in [1.54, 1.807) is 45.0 Å². The highest BCUT2D eigenvalue weighted by Gasteiger charge is 2.56. The van der Waals surface area contributed by atoms with Crippen molar-refractivity contribution in [2.75, 3.05) is 17.2 Å². The summed E-state index contributed by atoms with van der Waals surface area (Å²) in [4.78, 5) is 46.0. The van der Waals surface area contributed by atoms with E-state index in [9.17, 15) is 14.4 Å². The van der Waals surface area contributed by atoms with Crippen LogP contribution in [-0.4, -0.2) is 39.6 Å². The number of nitrogens with one attached hydrogen (secondary N) is 1. The standard InChI is InChI=1S/C28H31N5O4/c1-28(2,3)37-27(36)30-15-18-14-20-23(32(26(29)31-20)16-17-10-6-4-7-11-17)22-21(18)24(34)33(25(22)35)19-12-8-5-9-13-19/h4-13,18,21-22H,14-16H2,1-3H3,(H2,29,31)(H,30,36)/t18-,21+,22+/m1/s1. The lowest BCUT2D eigenvalue weighted by molar-refractivity contribution is -0.123. The molecule has 3 atom stereocenters. The van der Waals surface area contributed by atoms with Crippen molar-refractivity contribution in [3.8, 4) is 0 Å². The number of hydrogen-bond acceptors (Lipinski definition) is 6. The third-order valence-electron chi connectivity index (χ3n) is 6.83. The first-order valence-electron chi connectivity index (χ1n) is 12.4. The largest absolute Gasteiger partial charge is 0.444 e. The molecule has 37 heavy (non-hydrogen) atoms. The van der Waals surface area contributed by atoms with Gasteiger partial charge in [-0.25, -0.2) is 14.7 Å². The molecule has 1 fully saturated rings. The van der Waals surface area contributed by atoms with E-state index in [4.69, 9.17) is 10.5 Å². The molecule has 0 saturated carbocycles. The number of fused-ring (bicyclic) bond motifs is 3. The normalized spacial score (nSPS) is 20.9. The van der Waals surface area contributed by atoms with Crippen molar-refractivity contribution in [2.45, 2.75) is 45.3 Å². The van der Waals surface area contributed by atoms with Crippen molar-refractivity contribution in [2.24, 2.45) is 11.8 Å². The molecule has 192 valence electrons. The van der Waals surface area contributed by atoms with Gasteiger partial charge in [-0.1, -0.05) is 48.5 Å². The Morgan fingerprint density at radius 2 is 1.70 bits per heavy atom. The molecule has 1 aliphatic heterocycles. The number of nitrogens with zero attached hydrogens (tertiary/aromatic N) is 3. The summed E-state index contributed by atoms with van der Waals surface area (Å²) < 4.78 is 7.23. The minimum absolute atomic E-state index is 0.169. The van der Waals surface area contributed by atoms with Gasteiger partial charge in [-0.3, -0.25) is 9.59 Å². The van der Waals surface area contributed by atoms with Gasteiger partial charge >= 0.3 is 6.09 Å². The first-order valence-corrected chi connectivity index (χ1v) is 12.4. The second kappa shape index (κ2) is 9.38. The van der Waals surface area contributed by atoms with Crippen LogP contribution >= 0.6 is 0 Å². The lowest BCUT2D eigenvalue weighted by Crippen LogP contribution is -2.42. The van der Waals surface area contributed by atoms with Crippen LogP contribution in [0, 0.1) is 11.8 Å². The zero-order chi connectivity index (χ0) is 26.3. The van der Waals surface area contributed by atoms with Crippen LogP contribution < -0.4 is 16.0 Å². The number of benzene rings is 2. The molecule has 3 N–H and O–H groups in total. The van der Waals surface area contributed by atoms with Gasteiger partial charge in [0, 0.05) is 6.54 Å². The number of nitrogen functional groups attached to an aromatic ring is 1. The number of imidazole rings is 1. The maximum atomic E-state index is 13.9. The van der Waals surface area contributed by atoms with E-state index >= 15 is 0 Å². The van der Waals surface area contributed by atoms with E-state index in [0.29, 0.717) is 36.0 Å². The zero-order valence-corrected chi connectivity index (χ0v) is 21.2. The Bertz CT molecular complexity index is 1330. The first kappa shape index (κ1) is 24.5. The Labute approximate surface area is 215 Å². The number of rotatable bonds is 5. The number of imide groups is 1. The highest BCUT2D eigenvalue weighted by atomic mass is 16.6. The lowest BCUT2D eigenvalue weighted by atomic mass is 9.73. The molecule has 1 aliphatic carbocycles. The fourth-order valence-corrected chi connectivity index (χ4v) is 5.35. The van der Waals surface area contributed by atoms with Crippen LogP contribution in [-0.2, 0) is 27.3 Å². The van der Waals surface area contributed by atoms with Crippen molar-refractivity contribution >= 4 is 29.5 Å². The maximum Gasteiger partial charge on any atom is 0.407 e. The van der Waals surface area contributed by atoms with Gasteiger partial charge < -0.3 is 20.4 Å². The molecule has 0 unspecified atom stereocenters. The molecule has 0 radical (unpaired) electrons. The minimum Gasteiger partial charge on any atom is -0.444 e. The molecule has 2 heterocycles. The Kier molecular flexibility index (Phi) is 6.23. The number of hydrogen-bond donors (Lipinski definition) is 2. The molecule has 3 aromatic rings. The number of ether oxygens (including phenoxy) is 1. The quantitative estimate of drug-likeness (QED) is 0.517. The fraction of sp³-hybridized carbons (Fsp3) is 0.357. The Hall–Kier alpha value is -4.14. The summed E-state index contributed by atoms with van der Waals surface area (Å²) in [6.07, 6.45) is -0.166. The lowest BCUT2D eigenvalue weighted by Gasteiger charge is -2.31. The average Bonchev–Trinajstić information content (AvgIpc) is 3.30. The second-order valence-electron chi connectivity index (χ2n) is 10.6. The fourth-order valence-electron chi connectivity index (χ4n) is 5.35. The van der Waals surface area contributed by atoms with Crippen molar-refractivity contribution in [1.29, 1.82) is 0 Å². The van der Waals surface area contributed by atoms with E-state index in [-0.39, 0.29) is 24.3 Å². The topological polar surface area (TPSA) is 120 Å². The van der Waals surface area contributed by atoms with Crippen LogP contribution in [0.4, 0.5) is 16.4 Å². The molecule has 3 amide bonds. The number of nitrogens with two attached hydrogens (primary N) is 1. The van der Waals surface area contributed by atoms with E-state index in [2.05, 4.69) is 10.3 Å². The van der Waals surface area contributed by atoms with Crippen molar-refractivity contribution in [3.63, 3.8) is 0 Å². The predicted molar refractivity (Wildman–Crippen MR) is 139 cm³/mol. The van der Waals surface area contributed by atoms with Crippen LogP contribution in [0.15, 0.2) is 60.7 Å². The van der Waals surface area contributed by atoms with E-state index < -0.39 is 23.5 Å². The molecule has 9 heteroatoms. The molecule has 1 saturated heterocycles. The summed E-state index contributed by atoms with van der Waals surface area (Å²) in [6.45, 7) is 5.96. The number of aromatic nitrogens is 2. The van der Waals surface area contributed by atoms with Gasteiger partial charge in [-0.15, -0.1) is 0 Å². The molecular weight excluding hydrogens is 470 g/mol. The van der Waals surface area contributed by atoms with Gasteiger partial charge in [0.1, 0.15) is 5.60 Å². The monoisotopic (exact) mass is 501 g/mol. The van der Waals surface area contributed by atoms with E-state index in [0.717, 1.165) is 5.56 Å². The van der Waals surface area contributed by atoms with Crippen molar-refractivity contribution in [3.05, 3.63) is 77.6 Å². The summed E-state index contributed by atoms with van der Waals surface area (Å²) in [7, 11) is 0. The molecule has 2 aromatic carbocycles. The average molecular weight is 502 g/mol. The molecule has 5 rings (SSSR count). The van der Waals surface area contributed by atoms with Gasteiger partial charge in [0.05, 0.1) is 35.5 Å². The van der Waals surface area contributed by atoms with E-state index in [1.165, 1.54) is 4.90 Å². The Morgan fingerprint density at radius 1 is 1.05 bits per heavy atom. The Morgan fingerprint density at radius 3 is 2.35 bits per heavy atom. The number of carbonyl (C=O) groups is 3. The molecule has 2 aliphatic rings.